The van der Waals surface area contributed by atoms with E-state index in [0.29, 0.717) is 22.6 Å². The van der Waals surface area contributed by atoms with Gasteiger partial charge in [-0.3, -0.25) is 4.68 Å². The highest BCUT2D eigenvalue weighted by Gasteiger charge is 2.28. The van der Waals surface area contributed by atoms with Gasteiger partial charge in [0.25, 0.3) is 0 Å². The Bertz CT molecular complexity index is 1070. The maximum absolute atomic E-state index is 12.6. The first-order valence-corrected chi connectivity index (χ1v) is 9.07. The second kappa shape index (κ2) is 8.76. The Balaban J connectivity index is 2.08. The SMILES string of the molecule is CCOC(=O)c1c(C#N)c(-c2ccccc2)n(NC(=O)Nc2ccccc2)c1C. The highest BCUT2D eigenvalue weighted by molar-refractivity contribution is 5.99. The minimum atomic E-state index is -0.609. The van der Waals surface area contributed by atoms with Crippen LogP contribution in [0.4, 0.5) is 10.5 Å². The molecule has 0 aliphatic rings. The second-order valence-electron chi connectivity index (χ2n) is 6.15. The molecular weight excluding hydrogens is 368 g/mol. The predicted octanol–water partition coefficient (Wildman–Crippen LogP) is 4.29. The molecule has 2 N–H and O–H groups in total. The van der Waals surface area contributed by atoms with Crippen LogP contribution >= 0.6 is 0 Å². The summed E-state index contributed by atoms with van der Waals surface area (Å²) in [5, 5.41) is 12.5. The third-order valence-corrected chi connectivity index (χ3v) is 4.29. The third-order valence-electron chi connectivity index (χ3n) is 4.29. The van der Waals surface area contributed by atoms with Crippen LogP contribution in [0.2, 0.25) is 0 Å². The number of esters is 1. The molecule has 0 saturated heterocycles. The highest BCUT2D eigenvalue weighted by atomic mass is 16.5. The van der Waals surface area contributed by atoms with Gasteiger partial charge in [-0.2, -0.15) is 5.26 Å². The Morgan fingerprint density at radius 1 is 1.07 bits per heavy atom. The summed E-state index contributed by atoms with van der Waals surface area (Å²) in [5.74, 6) is -0.609. The molecule has 2 amide bonds. The number of anilines is 1. The fourth-order valence-electron chi connectivity index (χ4n) is 3.04. The molecule has 0 spiro atoms. The second-order valence-corrected chi connectivity index (χ2v) is 6.15. The summed E-state index contributed by atoms with van der Waals surface area (Å²) in [5.41, 5.74) is 5.12. The zero-order chi connectivity index (χ0) is 20.8. The molecule has 0 bridgehead atoms. The molecule has 1 aromatic heterocycles. The Morgan fingerprint density at radius 3 is 2.28 bits per heavy atom. The number of urea groups is 1. The van der Waals surface area contributed by atoms with Crippen molar-refractivity contribution in [3.8, 4) is 17.3 Å². The molecule has 0 saturated carbocycles. The molecule has 7 heteroatoms. The van der Waals surface area contributed by atoms with Gasteiger partial charge >= 0.3 is 12.0 Å². The van der Waals surface area contributed by atoms with Crippen molar-refractivity contribution in [1.82, 2.24) is 4.68 Å². The number of nitrogens with one attached hydrogen (secondary N) is 2. The summed E-state index contributed by atoms with van der Waals surface area (Å²) >= 11 is 0. The molecule has 1 heterocycles. The predicted molar refractivity (Wildman–Crippen MR) is 110 cm³/mol. The third kappa shape index (κ3) is 4.12. The number of amides is 2. The van der Waals surface area contributed by atoms with Gasteiger partial charge < -0.3 is 10.1 Å². The smallest absolute Gasteiger partial charge is 0.341 e. The zero-order valence-corrected chi connectivity index (χ0v) is 16.1. The lowest BCUT2D eigenvalue weighted by molar-refractivity contribution is 0.0525. The molecule has 146 valence electrons. The monoisotopic (exact) mass is 388 g/mol. The van der Waals surface area contributed by atoms with Crippen LogP contribution in [0.15, 0.2) is 60.7 Å². The van der Waals surface area contributed by atoms with E-state index in [1.807, 2.05) is 24.3 Å². The highest BCUT2D eigenvalue weighted by Crippen LogP contribution is 2.31. The van der Waals surface area contributed by atoms with Gasteiger partial charge in [-0.15, -0.1) is 0 Å². The van der Waals surface area contributed by atoms with E-state index in [0.717, 1.165) is 0 Å². The van der Waals surface area contributed by atoms with Crippen LogP contribution in [0.3, 0.4) is 0 Å². The molecule has 0 aliphatic heterocycles. The summed E-state index contributed by atoms with van der Waals surface area (Å²) in [4.78, 5) is 25.1. The fraction of sp³-hybridized carbons (Fsp3) is 0.136. The molecule has 2 aromatic carbocycles. The molecule has 0 unspecified atom stereocenters. The van der Waals surface area contributed by atoms with E-state index in [1.54, 1.807) is 50.2 Å². The van der Waals surface area contributed by atoms with E-state index in [-0.39, 0.29) is 17.7 Å². The van der Waals surface area contributed by atoms with E-state index in [2.05, 4.69) is 16.8 Å². The average molecular weight is 388 g/mol. The number of ether oxygens (including phenoxy) is 1. The molecule has 7 nitrogen and oxygen atoms in total. The zero-order valence-electron chi connectivity index (χ0n) is 16.1. The topological polar surface area (TPSA) is 96.2 Å². The molecule has 0 atom stereocenters. The van der Waals surface area contributed by atoms with Crippen LogP contribution in [0.5, 0.6) is 0 Å². The number of para-hydroxylation sites is 1. The van der Waals surface area contributed by atoms with Crippen molar-refractivity contribution in [2.45, 2.75) is 13.8 Å². The van der Waals surface area contributed by atoms with Crippen molar-refractivity contribution in [2.75, 3.05) is 17.3 Å². The van der Waals surface area contributed by atoms with Crippen LogP contribution in [-0.4, -0.2) is 23.3 Å². The minimum absolute atomic E-state index is 0.133. The van der Waals surface area contributed by atoms with Gasteiger partial charge in [-0.05, 0) is 26.0 Å². The fourth-order valence-corrected chi connectivity index (χ4v) is 3.04. The molecule has 0 fully saturated rings. The number of carbonyl (C=O) groups is 2. The summed E-state index contributed by atoms with van der Waals surface area (Å²) in [6, 6.07) is 19.6. The number of benzene rings is 2. The van der Waals surface area contributed by atoms with Gasteiger partial charge in [0.15, 0.2) is 0 Å². The van der Waals surface area contributed by atoms with Crippen molar-refractivity contribution < 1.29 is 14.3 Å². The summed E-state index contributed by atoms with van der Waals surface area (Å²) in [6.45, 7) is 3.53. The van der Waals surface area contributed by atoms with Gasteiger partial charge in [0.1, 0.15) is 11.6 Å². The lowest BCUT2D eigenvalue weighted by Crippen LogP contribution is -2.29. The molecule has 3 aromatic rings. The van der Waals surface area contributed by atoms with Crippen molar-refractivity contribution in [2.24, 2.45) is 0 Å². The Labute approximate surface area is 168 Å². The average Bonchev–Trinajstić information content (AvgIpc) is 3.01. The van der Waals surface area contributed by atoms with Crippen LogP contribution in [0.25, 0.3) is 11.3 Å². The summed E-state index contributed by atoms with van der Waals surface area (Å²) in [7, 11) is 0. The van der Waals surface area contributed by atoms with E-state index >= 15 is 0 Å². The number of hydrogen-bond donors (Lipinski definition) is 2. The largest absolute Gasteiger partial charge is 0.462 e. The summed E-state index contributed by atoms with van der Waals surface area (Å²) < 4.78 is 6.57. The lowest BCUT2D eigenvalue weighted by Gasteiger charge is -2.14. The lowest BCUT2D eigenvalue weighted by atomic mass is 10.1. The maximum atomic E-state index is 12.6. The minimum Gasteiger partial charge on any atom is -0.462 e. The number of hydrogen-bond acceptors (Lipinski definition) is 4. The number of rotatable bonds is 5. The molecule has 0 radical (unpaired) electrons. The Hall–Kier alpha value is -4.05. The van der Waals surface area contributed by atoms with E-state index < -0.39 is 12.0 Å². The molecule has 3 rings (SSSR count). The summed E-state index contributed by atoms with van der Waals surface area (Å²) in [6.07, 6.45) is 0. The van der Waals surface area contributed by atoms with Crippen LogP contribution in [-0.2, 0) is 4.74 Å². The standard InChI is InChI=1S/C22H20N4O3/c1-3-29-21(27)19-15(2)26(25-22(28)24-17-12-8-5-9-13-17)20(18(19)14-23)16-10-6-4-7-11-16/h4-13H,3H2,1-2H3,(H2,24,25,28). The van der Waals surface area contributed by atoms with Crippen molar-refractivity contribution in [1.29, 1.82) is 5.26 Å². The normalized spacial score (nSPS) is 10.1. The molecular formula is C22H20N4O3. The van der Waals surface area contributed by atoms with Gasteiger partial charge in [-0.1, -0.05) is 48.5 Å². The molecule has 29 heavy (non-hydrogen) atoms. The number of nitrogens with zero attached hydrogens (tertiary/aromatic N) is 2. The first-order valence-electron chi connectivity index (χ1n) is 9.07. The van der Waals surface area contributed by atoms with Crippen molar-refractivity contribution in [3.63, 3.8) is 0 Å². The van der Waals surface area contributed by atoms with E-state index in [9.17, 15) is 14.9 Å². The van der Waals surface area contributed by atoms with Gasteiger partial charge in [-0.25, -0.2) is 15.0 Å². The van der Waals surface area contributed by atoms with Crippen LogP contribution < -0.4 is 10.7 Å². The quantitative estimate of drug-likeness (QED) is 0.637. The van der Waals surface area contributed by atoms with Crippen molar-refractivity contribution in [3.05, 3.63) is 77.5 Å². The number of aromatic nitrogens is 1. The van der Waals surface area contributed by atoms with Gasteiger partial charge in [0.05, 0.1) is 23.6 Å². The van der Waals surface area contributed by atoms with E-state index in [4.69, 9.17) is 4.74 Å². The first-order chi connectivity index (χ1) is 14.1. The maximum Gasteiger partial charge on any atom is 0.341 e. The van der Waals surface area contributed by atoms with Crippen LogP contribution in [0.1, 0.15) is 28.5 Å². The van der Waals surface area contributed by atoms with Crippen LogP contribution in [0, 0.1) is 18.3 Å². The van der Waals surface area contributed by atoms with E-state index in [1.165, 1.54) is 4.68 Å². The first kappa shape index (κ1) is 19.7. The Kier molecular flexibility index (Phi) is 5.95. The van der Waals surface area contributed by atoms with Gasteiger partial charge in [0.2, 0.25) is 0 Å². The van der Waals surface area contributed by atoms with Crippen molar-refractivity contribution >= 4 is 17.7 Å². The Morgan fingerprint density at radius 2 is 1.69 bits per heavy atom. The number of carbonyl (C=O) groups excluding carboxylic acids is 2. The molecule has 0 aliphatic carbocycles. The van der Waals surface area contributed by atoms with Gasteiger partial charge in [0, 0.05) is 11.3 Å². The number of nitriles is 1.